The van der Waals surface area contributed by atoms with Crippen molar-refractivity contribution in [2.45, 2.75) is 13.0 Å². The summed E-state index contributed by atoms with van der Waals surface area (Å²) in [5, 5.41) is 14.2. The molecule has 1 atom stereocenters. The quantitative estimate of drug-likeness (QED) is 0.657. The summed E-state index contributed by atoms with van der Waals surface area (Å²) in [6.45, 7) is 1.68. The van der Waals surface area contributed by atoms with E-state index >= 15 is 0 Å². The summed E-state index contributed by atoms with van der Waals surface area (Å²) >= 11 is 5.82. The van der Waals surface area contributed by atoms with Crippen LogP contribution in [0.5, 0.6) is 0 Å². The lowest BCUT2D eigenvalue weighted by Crippen LogP contribution is -2.09. The molecule has 4 nitrogen and oxygen atoms in total. The number of nitrogens with one attached hydrogen (secondary N) is 1. The Balaban J connectivity index is 2.30. The van der Waals surface area contributed by atoms with Crippen molar-refractivity contribution in [1.29, 1.82) is 0 Å². The molecule has 2 rings (SSSR count). The molecule has 0 amide bonds. The Morgan fingerprint density at radius 1 is 1.19 bits per heavy atom. The van der Waals surface area contributed by atoms with Crippen molar-refractivity contribution in [2.75, 3.05) is 5.32 Å². The maximum Gasteiger partial charge on any atom is 0.292 e. The molecule has 0 aromatic heterocycles. The van der Waals surface area contributed by atoms with Crippen LogP contribution in [-0.4, -0.2) is 4.92 Å². The number of benzene rings is 2. The largest absolute Gasteiger partial charge is 0.373 e. The van der Waals surface area contributed by atoms with E-state index in [1.54, 1.807) is 6.92 Å². The van der Waals surface area contributed by atoms with Gasteiger partial charge in [0, 0.05) is 17.1 Å². The highest BCUT2D eigenvalue weighted by Crippen LogP contribution is 2.31. The van der Waals surface area contributed by atoms with Crippen molar-refractivity contribution in [3.05, 3.63) is 68.7 Å². The van der Waals surface area contributed by atoms with Gasteiger partial charge >= 0.3 is 0 Å². The van der Waals surface area contributed by atoms with E-state index in [-0.39, 0.29) is 11.4 Å². The molecule has 0 spiro atoms. The van der Waals surface area contributed by atoms with Crippen LogP contribution in [0.15, 0.2) is 36.4 Å². The van der Waals surface area contributed by atoms with E-state index in [0.29, 0.717) is 10.6 Å². The maximum absolute atomic E-state index is 13.2. The molecular weight excluding hydrogens is 302 g/mol. The van der Waals surface area contributed by atoms with Gasteiger partial charge < -0.3 is 5.32 Å². The number of nitrogens with zero attached hydrogens (tertiary/aromatic N) is 1. The molecule has 2 aromatic carbocycles. The first-order chi connectivity index (χ1) is 9.88. The zero-order valence-corrected chi connectivity index (χ0v) is 11.7. The molecule has 1 N–H and O–H groups in total. The summed E-state index contributed by atoms with van der Waals surface area (Å²) in [4.78, 5) is 10.4. The average Bonchev–Trinajstić information content (AvgIpc) is 2.41. The number of anilines is 1. The zero-order valence-electron chi connectivity index (χ0n) is 10.9. The summed E-state index contributed by atoms with van der Waals surface area (Å²) in [7, 11) is 0. The van der Waals surface area contributed by atoms with Crippen LogP contribution in [0.2, 0.25) is 5.02 Å². The number of rotatable bonds is 4. The predicted molar refractivity (Wildman–Crippen MR) is 76.5 cm³/mol. The molecule has 110 valence electrons. The van der Waals surface area contributed by atoms with E-state index in [0.717, 1.165) is 12.1 Å². The van der Waals surface area contributed by atoms with Gasteiger partial charge in [-0.05, 0) is 36.8 Å². The van der Waals surface area contributed by atoms with E-state index in [1.807, 2.05) is 0 Å². The lowest BCUT2D eigenvalue weighted by atomic mass is 10.1. The van der Waals surface area contributed by atoms with E-state index in [2.05, 4.69) is 5.32 Å². The van der Waals surface area contributed by atoms with Gasteiger partial charge in [-0.2, -0.15) is 0 Å². The Bertz CT molecular complexity index is 695. The lowest BCUT2D eigenvalue weighted by Gasteiger charge is -2.16. The maximum atomic E-state index is 13.2. The van der Waals surface area contributed by atoms with Gasteiger partial charge in [0.25, 0.3) is 5.69 Å². The minimum atomic E-state index is -0.971. The van der Waals surface area contributed by atoms with Gasteiger partial charge in [0.2, 0.25) is 0 Å². The highest BCUT2D eigenvalue weighted by Gasteiger charge is 2.17. The minimum Gasteiger partial charge on any atom is -0.373 e. The Labute approximate surface area is 124 Å². The molecule has 0 saturated heterocycles. The van der Waals surface area contributed by atoms with E-state index < -0.39 is 22.6 Å². The van der Waals surface area contributed by atoms with Crippen LogP contribution in [0.25, 0.3) is 0 Å². The molecule has 1 unspecified atom stereocenters. The number of nitro benzene ring substituents is 1. The van der Waals surface area contributed by atoms with Crippen molar-refractivity contribution in [1.82, 2.24) is 0 Å². The molecule has 7 heteroatoms. The van der Waals surface area contributed by atoms with Crippen molar-refractivity contribution < 1.29 is 13.7 Å². The van der Waals surface area contributed by atoms with E-state index in [1.165, 1.54) is 24.3 Å². The summed E-state index contributed by atoms with van der Waals surface area (Å²) in [5.41, 5.74) is 0.529. The van der Waals surface area contributed by atoms with Crippen LogP contribution in [-0.2, 0) is 0 Å². The fourth-order valence-corrected chi connectivity index (χ4v) is 2.05. The van der Waals surface area contributed by atoms with Gasteiger partial charge in [-0.25, -0.2) is 8.78 Å². The Hall–Kier alpha value is -2.21. The first-order valence-corrected chi connectivity index (χ1v) is 6.41. The number of hydrogen-bond acceptors (Lipinski definition) is 3. The van der Waals surface area contributed by atoms with Gasteiger partial charge in [-0.1, -0.05) is 17.7 Å². The second-order valence-electron chi connectivity index (χ2n) is 4.46. The fourth-order valence-electron chi connectivity index (χ4n) is 1.88. The van der Waals surface area contributed by atoms with Gasteiger partial charge in [0.1, 0.15) is 5.69 Å². The third-order valence-electron chi connectivity index (χ3n) is 2.97. The number of hydrogen-bond donors (Lipinski definition) is 1. The minimum absolute atomic E-state index is 0.145. The Morgan fingerprint density at radius 3 is 2.52 bits per heavy atom. The smallest absolute Gasteiger partial charge is 0.292 e. The molecule has 0 bridgehead atoms. The summed E-state index contributed by atoms with van der Waals surface area (Å²) in [6, 6.07) is 7.11. The summed E-state index contributed by atoms with van der Waals surface area (Å²) < 4.78 is 26.1. The lowest BCUT2D eigenvalue weighted by molar-refractivity contribution is -0.384. The first kappa shape index (κ1) is 15.2. The molecule has 0 aliphatic heterocycles. The molecule has 0 saturated carbocycles. The molecule has 0 aliphatic carbocycles. The molecule has 0 aliphatic rings. The number of halogens is 3. The SMILES string of the molecule is CC(Nc1cc(Cl)ccc1[N+](=O)[O-])c1ccc(F)c(F)c1. The predicted octanol–water partition coefficient (Wildman–Crippen LogP) is 4.70. The summed E-state index contributed by atoms with van der Waals surface area (Å²) in [5.74, 6) is -1.92. The van der Waals surface area contributed by atoms with Crippen molar-refractivity contribution in [3.63, 3.8) is 0 Å². The van der Waals surface area contributed by atoms with Crippen LogP contribution >= 0.6 is 11.6 Å². The van der Waals surface area contributed by atoms with Crippen LogP contribution in [0.4, 0.5) is 20.2 Å². The molecule has 2 aromatic rings. The van der Waals surface area contributed by atoms with Crippen molar-refractivity contribution in [2.24, 2.45) is 0 Å². The second-order valence-corrected chi connectivity index (χ2v) is 4.89. The molecule has 21 heavy (non-hydrogen) atoms. The van der Waals surface area contributed by atoms with Gasteiger partial charge in [0.05, 0.1) is 4.92 Å². The van der Waals surface area contributed by atoms with Gasteiger partial charge in [0.15, 0.2) is 11.6 Å². The molecular formula is C14H11ClF2N2O2. The van der Waals surface area contributed by atoms with Crippen molar-refractivity contribution in [3.8, 4) is 0 Å². The second kappa shape index (κ2) is 6.05. The first-order valence-electron chi connectivity index (χ1n) is 6.04. The summed E-state index contributed by atoms with van der Waals surface area (Å²) in [6.07, 6.45) is 0. The Morgan fingerprint density at radius 2 is 1.90 bits per heavy atom. The Kier molecular flexibility index (Phi) is 4.37. The molecule has 0 fully saturated rings. The zero-order chi connectivity index (χ0) is 15.6. The highest BCUT2D eigenvalue weighted by molar-refractivity contribution is 6.31. The molecule has 0 heterocycles. The van der Waals surface area contributed by atoms with Gasteiger partial charge in [-0.3, -0.25) is 10.1 Å². The monoisotopic (exact) mass is 312 g/mol. The van der Waals surface area contributed by atoms with Crippen molar-refractivity contribution >= 4 is 23.0 Å². The van der Waals surface area contributed by atoms with E-state index in [9.17, 15) is 18.9 Å². The fraction of sp³-hybridized carbons (Fsp3) is 0.143. The van der Waals surface area contributed by atoms with Crippen LogP contribution in [0.1, 0.15) is 18.5 Å². The average molecular weight is 313 g/mol. The third-order valence-corrected chi connectivity index (χ3v) is 3.21. The highest BCUT2D eigenvalue weighted by atomic mass is 35.5. The third kappa shape index (κ3) is 3.46. The van der Waals surface area contributed by atoms with E-state index in [4.69, 9.17) is 11.6 Å². The standard InChI is InChI=1S/C14H11ClF2N2O2/c1-8(9-2-4-11(16)12(17)6-9)18-13-7-10(15)3-5-14(13)19(20)21/h2-8,18H,1H3. The normalized spacial score (nSPS) is 12.0. The van der Waals surface area contributed by atoms with Crippen LogP contribution < -0.4 is 5.32 Å². The topological polar surface area (TPSA) is 55.2 Å². The number of nitro groups is 1. The van der Waals surface area contributed by atoms with Gasteiger partial charge in [-0.15, -0.1) is 0 Å². The van der Waals surface area contributed by atoms with Crippen LogP contribution in [0, 0.1) is 21.7 Å². The van der Waals surface area contributed by atoms with Crippen LogP contribution in [0.3, 0.4) is 0 Å². The molecule has 0 radical (unpaired) electrons.